The van der Waals surface area contributed by atoms with Crippen LogP contribution in [0.15, 0.2) is 47.6 Å². The zero-order valence-corrected chi connectivity index (χ0v) is 15.8. The predicted molar refractivity (Wildman–Crippen MR) is 105 cm³/mol. The van der Waals surface area contributed by atoms with Crippen LogP contribution in [0.4, 0.5) is 5.69 Å². The minimum atomic E-state index is -0.958. The van der Waals surface area contributed by atoms with Gasteiger partial charge >= 0.3 is 11.8 Å². The van der Waals surface area contributed by atoms with E-state index >= 15 is 0 Å². The number of hydrogen-bond donors (Lipinski definition) is 3. The number of amides is 3. The number of carbonyl (C=O) groups is 3. The molecule has 3 amide bonds. The Kier molecular flexibility index (Phi) is 7.54. The number of nitrogens with two attached hydrogens (primary N) is 1. The van der Waals surface area contributed by atoms with Crippen LogP contribution in [0.2, 0.25) is 0 Å². The van der Waals surface area contributed by atoms with E-state index < -0.39 is 17.7 Å². The average Bonchev–Trinajstić information content (AvgIpc) is 2.73. The topological polar surface area (TPSA) is 141 Å². The van der Waals surface area contributed by atoms with Gasteiger partial charge in [0, 0.05) is 6.07 Å². The number of anilines is 1. The Labute approximate surface area is 166 Å². The van der Waals surface area contributed by atoms with E-state index in [1.807, 2.05) is 0 Å². The van der Waals surface area contributed by atoms with Gasteiger partial charge in [-0.2, -0.15) is 5.10 Å². The van der Waals surface area contributed by atoms with Crippen LogP contribution in [0.25, 0.3) is 0 Å². The van der Waals surface area contributed by atoms with E-state index in [9.17, 15) is 14.4 Å². The predicted octanol–water partition coefficient (Wildman–Crippen LogP) is 0.657. The molecule has 0 heterocycles. The van der Waals surface area contributed by atoms with E-state index in [4.69, 9.17) is 19.9 Å². The van der Waals surface area contributed by atoms with Crippen molar-refractivity contribution in [3.63, 3.8) is 0 Å². The lowest BCUT2D eigenvalue weighted by atomic mass is 10.2. The monoisotopic (exact) mass is 400 g/mol. The number of nitrogens with one attached hydrogen (secondary N) is 2. The summed E-state index contributed by atoms with van der Waals surface area (Å²) in [6, 6.07) is 11.2. The molecule has 0 radical (unpaired) electrons. The van der Waals surface area contributed by atoms with Crippen molar-refractivity contribution in [3.05, 3.63) is 48.0 Å². The zero-order chi connectivity index (χ0) is 21.2. The summed E-state index contributed by atoms with van der Waals surface area (Å²) in [6.45, 7) is -0.225. The fourth-order valence-corrected chi connectivity index (χ4v) is 2.10. The molecule has 29 heavy (non-hydrogen) atoms. The second-order valence-electron chi connectivity index (χ2n) is 5.54. The maximum Gasteiger partial charge on any atom is 0.329 e. The standard InChI is InChI=1S/C19H20N4O6/c1-27-14-7-8-15(16(9-14)28-2)22-18(25)19(26)23-21-10-12-3-5-13(6-4-12)29-11-17(20)24/h3-10H,11H2,1-2H3,(H2,20,24)(H,22,25)(H,23,26)/b21-10+. The third-order valence-electron chi connectivity index (χ3n) is 3.50. The van der Waals surface area contributed by atoms with Gasteiger partial charge in [0.1, 0.15) is 17.2 Å². The van der Waals surface area contributed by atoms with Gasteiger partial charge in [-0.25, -0.2) is 5.43 Å². The van der Waals surface area contributed by atoms with E-state index in [1.165, 1.54) is 20.4 Å². The van der Waals surface area contributed by atoms with Gasteiger partial charge in [-0.05, 0) is 42.0 Å². The van der Waals surface area contributed by atoms with Crippen LogP contribution < -0.4 is 30.7 Å². The smallest absolute Gasteiger partial charge is 0.329 e. The first-order valence-corrected chi connectivity index (χ1v) is 8.30. The first-order valence-electron chi connectivity index (χ1n) is 8.30. The fraction of sp³-hybridized carbons (Fsp3) is 0.158. The van der Waals surface area contributed by atoms with Crippen LogP contribution in [0.5, 0.6) is 17.2 Å². The molecule has 2 rings (SSSR count). The molecule has 10 nitrogen and oxygen atoms in total. The fourth-order valence-electron chi connectivity index (χ4n) is 2.10. The highest BCUT2D eigenvalue weighted by Gasteiger charge is 2.15. The maximum atomic E-state index is 12.0. The van der Waals surface area contributed by atoms with Crippen LogP contribution in [0, 0.1) is 0 Å². The molecule has 10 heteroatoms. The van der Waals surface area contributed by atoms with Crippen molar-refractivity contribution in [2.75, 3.05) is 26.1 Å². The number of primary amides is 1. The molecule has 2 aromatic rings. The summed E-state index contributed by atoms with van der Waals surface area (Å²) in [5, 5.41) is 6.16. The van der Waals surface area contributed by atoms with Gasteiger partial charge in [-0.3, -0.25) is 14.4 Å². The number of hydrazone groups is 1. The Balaban J connectivity index is 1.90. The van der Waals surface area contributed by atoms with E-state index in [1.54, 1.807) is 42.5 Å². The Hall–Kier alpha value is -4.08. The van der Waals surface area contributed by atoms with Crippen molar-refractivity contribution in [2.24, 2.45) is 10.8 Å². The molecule has 0 bridgehead atoms. The molecule has 0 spiro atoms. The summed E-state index contributed by atoms with van der Waals surface area (Å²) < 4.78 is 15.4. The normalized spacial score (nSPS) is 10.3. The molecule has 4 N–H and O–H groups in total. The van der Waals surface area contributed by atoms with Gasteiger partial charge in [0.15, 0.2) is 6.61 Å². The molecular formula is C19H20N4O6. The summed E-state index contributed by atoms with van der Waals surface area (Å²) in [5.41, 5.74) is 8.06. The van der Waals surface area contributed by atoms with Gasteiger partial charge < -0.3 is 25.3 Å². The lowest BCUT2D eigenvalue weighted by molar-refractivity contribution is -0.136. The molecule has 0 fully saturated rings. The van der Waals surface area contributed by atoms with Gasteiger partial charge in [0.05, 0.1) is 26.1 Å². The first kappa shape index (κ1) is 21.2. The summed E-state index contributed by atoms with van der Waals surface area (Å²) in [5.74, 6) is -1.12. The molecule has 2 aromatic carbocycles. The van der Waals surface area contributed by atoms with Gasteiger partial charge in [0.25, 0.3) is 5.91 Å². The van der Waals surface area contributed by atoms with Crippen molar-refractivity contribution < 1.29 is 28.6 Å². The van der Waals surface area contributed by atoms with Crippen molar-refractivity contribution >= 4 is 29.6 Å². The Bertz CT molecular complexity index is 911. The van der Waals surface area contributed by atoms with Crippen molar-refractivity contribution in [2.45, 2.75) is 0 Å². The van der Waals surface area contributed by atoms with Crippen molar-refractivity contribution in [1.29, 1.82) is 0 Å². The second-order valence-corrected chi connectivity index (χ2v) is 5.54. The minimum Gasteiger partial charge on any atom is -0.497 e. The van der Waals surface area contributed by atoms with Crippen molar-refractivity contribution in [1.82, 2.24) is 5.43 Å². The molecule has 0 saturated heterocycles. The molecule has 0 atom stereocenters. The van der Waals surface area contributed by atoms with Crippen molar-refractivity contribution in [3.8, 4) is 17.2 Å². The number of rotatable bonds is 8. The highest BCUT2D eigenvalue weighted by Crippen LogP contribution is 2.28. The van der Waals surface area contributed by atoms with Gasteiger partial charge in [-0.1, -0.05) is 0 Å². The molecule has 0 aliphatic carbocycles. The third kappa shape index (κ3) is 6.54. The van der Waals surface area contributed by atoms with E-state index in [0.29, 0.717) is 28.5 Å². The number of benzene rings is 2. The molecule has 152 valence electrons. The quantitative estimate of drug-likeness (QED) is 0.338. The van der Waals surface area contributed by atoms with E-state index in [-0.39, 0.29) is 6.61 Å². The Morgan fingerprint density at radius 1 is 1.00 bits per heavy atom. The SMILES string of the molecule is COc1ccc(NC(=O)C(=O)N/N=C/c2ccc(OCC(N)=O)cc2)c(OC)c1. The van der Waals surface area contributed by atoms with Crippen LogP contribution >= 0.6 is 0 Å². The molecule has 0 aromatic heterocycles. The average molecular weight is 400 g/mol. The lowest BCUT2D eigenvalue weighted by Gasteiger charge is -2.10. The summed E-state index contributed by atoms with van der Waals surface area (Å²) in [4.78, 5) is 34.6. The number of hydrogen-bond acceptors (Lipinski definition) is 7. The number of carbonyl (C=O) groups excluding carboxylic acids is 3. The third-order valence-corrected chi connectivity index (χ3v) is 3.50. The highest BCUT2D eigenvalue weighted by molar-refractivity contribution is 6.39. The molecule has 0 aliphatic rings. The first-order chi connectivity index (χ1) is 13.9. The molecule has 0 aliphatic heterocycles. The van der Waals surface area contributed by atoms with Crippen LogP contribution in [0.1, 0.15) is 5.56 Å². The molecular weight excluding hydrogens is 380 g/mol. The molecule has 0 saturated carbocycles. The zero-order valence-electron chi connectivity index (χ0n) is 15.8. The molecule has 0 unspecified atom stereocenters. The summed E-state index contributed by atoms with van der Waals surface area (Å²) >= 11 is 0. The van der Waals surface area contributed by atoms with Gasteiger partial charge in [-0.15, -0.1) is 0 Å². The van der Waals surface area contributed by atoms with Crippen LogP contribution in [0.3, 0.4) is 0 Å². The maximum absolute atomic E-state index is 12.0. The van der Waals surface area contributed by atoms with Crippen LogP contribution in [-0.4, -0.2) is 44.8 Å². The van der Waals surface area contributed by atoms with E-state index in [2.05, 4.69) is 15.8 Å². The largest absolute Gasteiger partial charge is 0.497 e. The minimum absolute atomic E-state index is 0.225. The Morgan fingerprint density at radius 3 is 2.31 bits per heavy atom. The van der Waals surface area contributed by atoms with E-state index in [0.717, 1.165) is 0 Å². The lowest BCUT2D eigenvalue weighted by Crippen LogP contribution is -2.32. The van der Waals surface area contributed by atoms with Gasteiger partial charge in [0.2, 0.25) is 0 Å². The van der Waals surface area contributed by atoms with Crippen LogP contribution in [-0.2, 0) is 14.4 Å². The second kappa shape index (κ2) is 10.3. The highest BCUT2D eigenvalue weighted by atomic mass is 16.5. The summed E-state index contributed by atoms with van der Waals surface area (Å²) in [6.07, 6.45) is 1.34. The Morgan fingerprint density at radius 2 is 1.69 bits per heavy atom. The summed E-state index contributed by atoms with van der Waals surface area (Å²) in [7, 11) is 2.93. The number of methoxy groups -OCH3 is 2. The number of ether oxygens (including phenoxy) is 3. The number of nitrogens with zero attached hydrogens (tertiary/aromatic N) is 1.